The molecule has 0 aromatic heterocycles. The Bertz CT molecular complexity index is 1160. The van der Waals surface area contributed by atoms with Crippen molar-refractivity contribution in [2.75, 3.05) is 26.2 Å². The molecule has 2 aromatic carbocycles. The predicted octanol–water partition coefficient (Wildman–Crippen LogP) is 7.88. The van der Waals surface area contributed by atoms with Gasteiger partial charge in [-0.15, -0.1) is 0 Å². The van der Waals surface area contributed by atoms with Gasteiger partial charge in [-0.1, -0.05) is 47.5 Å². The molecule has 1 saturated heterocycles. The van der Waals surface area contributed by atoms with Crippen molar-refractivity contribution in [1.29, 1.82) is 0 Å². The van der Waals surface area contributed by atoms with E-state index in [4.69, 9.17) is 28.2 Å². The second kappa shape index (κ2) is 10.6. The standard InChI is InChI=1S/C28H29Cl2F4N3/c29-21-5-1-19(2-6-21)25-26(20-3-7-22(30)8-4-20)37(24-9-11-27(31,32)12-10-24)18-23(35-25)17-36-15-13-28(33,34)14-16-36/h1-8,24H,9-18H2. The Morgan fingerprint density at radius 2 is 1.27 bits per heavy atom. The van der Waals surface area contributed by atoms with E-state index in [9.17, 15) is 17.6 Å². The van der Waals surface area contributed by atoms with Crippen LogP contribution in [0.4, 0.5) is 17.6 Å². The van der Waals surface area contributed by atoms with Crippen molar-refractivity contribution in [2.24, 2.45) is 4.99 Å². The van der Waals surface area contributed by atoms with Crippen LogP contribution in [0.25, 0.3) is 11.4 Å². The van der Waals surface area contributed by atoms with Crippen LogP contribution in [0.2, 0.25) is 10.0 Å². The number of rotatable bonds is 5. The lowest BCUT2D eigenvalue weighted by Crippen LogP contribution is -2.48. The zero-order valence-electron chi connectivity index (χ0n) is 20.4. The van der Waals surface area contributed by atoms with Crippen LogP contribution in [-0.4, -0.2) is 59.6 Å². The largest absolute Gasteiger partial charge is 0.361 e. The van der Waals surface area contributed by atoms with Gasteiger partial charge in [0, 0.05) is 72.5 Å². The fourth-order valence-electron chi connectivity index (χ4n) is 5.41. The highest BCUT2D eigenvalue weighted by Crippen LogP contribution is 2.42. The summed E-state index contributed by atoms with van der Waals surface area (Å²) in [6.45, 7) is 1.51. The first-order chi connectivity index (χ1) is 17.6. The Kier molecular flexibility index (Phi) is 7.58. The third-order valence-corrected chi connectivity index (χ3v) is 7.99. The lowest BCUT2D eigenvalue weighted by molar-refractivity contribution is -0.0529. The van der Waals surface area contributed by atoms with Gasteiger partial charge in [0.25, 0.3) is 5.92 Å². The van der Waals surface area contributed by atoms with Gasteiger partial charge in [-0.25, -0.2) is 17.6 Å². The molecular formula is C28H29Cl2F4N3. The molecule has 0 spiro atoms. The van der Waals surface area contributed by atoms with Crippen LogP contribution >= 0.6 is 23.2 Å². The van der Waals surface area contributed by atoms with Gasteiger partial charge < -0.3 is 4.90 Å². The molecule has 0 radical (unpaired) electrons. The second-order valence-corrected chi connectivity index (χ2v) is 11.1. The predicted molar refractivity (Wildman–Crippen MR) is 142 cm³/mol. The third kappa shape index (κ3) is 6.32. The number of hydrogen-bond acceptors (Lipinski definition) is 3. The molecule has 5 rings (SSSR count). The SMILES string of the molecule is FC1(F)CCC(N2CC(CN3CCC(F)(F)CC3)=NC(c3ccc(Cl)cc3)=C2c2ccc(Cl)cc2)CC1. The number of likely N-dealkylation sites (tertiary alicyclic amines) is 1. The fourth-order valence-corrected chi connectivity index (χ4v) is 5.66. The van der Waals surface area contributed by atoms with E-state index in [1.165, 1.54) is 0 Å². The summed E-state index contributed by atoms with van der Waals surface area (Å²) >= 11 is 12.3. The zero-order chi connectivity index (χ0) is 26.2. The van der Waals surface area contributed by atoms with Crippen molar-refractivity contribution in [2.45, 2.75) is 56.4 Å². The van der Waals surface area contributed by atoms with E-state index in [1.54, 1.807) is 12.1 Å². The molecule has 37 heavy (non-hydrogen) atoms. The molecule has 1 aliphatic carbocycles. The van der Waals surface area contributed by atoms with Crippen molar-refractivity contribution in [3.63, 3.8) is 0 Å². The first-order valence-corrected chi connectivity index (χ1v) is 13.4. The summed E-state index contributed by atoms with van der Waals surface area (Å²) < 4.78 is 55.7. The molecule has 0 amide bonds. The van der Waals surface area contributed by atoms with Crippen molar-refractivity contribution >= 4 is 40.3 Å². The highest BCUT2D eigenvalue weighted by atomic mass is 35.5. The Balaban J connectivity index is 1.56. The highest BCUT2D eigenvalue weighted by molar-refractivity contribution is 6.31. The molecule has 3 nitrogen and oxygen atoms in total. The second-order valence-electron chi connectivity index (χ2n) is 10.2. The highest BCUT2D eigenvalue weighted by Gasteiger charge is 2.40. The number of hydrogen-bond donors (Lipinski definition) is 0. The minimum absolute atomic E-state index is 0.0937. The molecule has 2 aliphatic heterocycles. The number of nitrogens with zero attached hydrogens (tertiary/aromatic N) is 3. The summed E-state index contributed by atoms with van der Waals surface area (Å²) in [5, 5.41) is 1.20. The van der Waals surface area contributed by atoms with Gasteiger partial charge >= 0.3 is 0 Å². The van der Waals surface area contributed by atoms with Gasteiger partial charge in [0.1, 0.15) is 0 Å². The van der Waals surface area contributed by atoms with Crippen molar-refractivity contribution in [3.05, 3.63) is 69.7 Å². The van der Waals surface area contributed by atoms with Crippen molar-refractivity contribution < 1.29 is 17.6 Å². The lowest BCUT2D eigenvalue weighted by atomic mass is 9.89. The molecule has 0 atom stereocenters. The monoisotopic (exact) mass is 553 g/mol. The van der Waals surface area contributed by atoms with Crippen LogP contribution in [0.15, 0.2) is 53.5 Å². The molecule has 2 aromatic rings. The van der Waals surface area contributed by atoms with Gasteiger partial charge in [-0.2, -0.15) is 0 Å². The first kappa shape index (κ1) is 26.5. The van der Waals surface area contributed by atoms with Crippen molar-refractivity contribution in [3.8, 4) is 0 Å². The summed E-state index contributed by atoms with van der Waals surface area (Å²) in [6, 6.07) is 14.8. The van der Waals surface area contributed by atoms with Crippen LogP contribution in [0.1, 0.15) is 49.7 Å². The van der Waals surface area contributed by atoms with E-state index in [0.717, 1.165) is 28.2 Å². The average molecular weight is 554 g/mol. The smallest absolute Gasteiger partial charge is 0.250 e. The van der Waals surface area contributed by atoms with E-state index in [1.807, 2.05) is 41.3 Å². The normalized spacial score (nSPS) is 22.8. The summed E-state index contributed by atoms with van der Waals surface area (Å²) in [5.74, 6) is -5.27. The molecule has 0 bridgehead atoms. The van der Waals surface area contributed by atoms with Crippen molar-refractivity contribution in [1.82, 2.24) is 9.80 Å². The number of benzene rings is 2. The van der Waals surface area contributed by atoms with E-state index in [0.29, 0.717) is 49.1 Å². The van der Waals surface area contributed by atoms with Crippen LogP contribution in [0.3, 0.4) is 0 Å². The molecule has 0 N–H and O–H groups in total. The Labute approximate surface area is 224 Å². The summed E-state index contributed by atoms with van der Waals surface area (Å²) in [4.78, 5) is 9.28. The van der Waals surface area contributed by atoms with Crippen LogP contribution in [-0.2, 0) is 0 Å². The molecule has 1 saturated carbocycles. The molecule has 2 heterocycles. The zero-order valence-corrected chi connectivity index (χ0v) is 21.9. The summed E-state index contributed by atoms with van der Waals surface area (Å²) in [7, 11) is 0. The van der Waals surface area contributed by atoms with E-state index < -0.39 is 11.8 Å². The molecule has 198 valence electrons. The maximum Gasteiger partial charge on any atom is 0.250 e. The lowest BCUT2D eigenvalue weighted by Gasteiger charge is -2.43. The van der Waals surface area contributed by atoms with Gasteiger partial charge in [0.2, 0.25) is 5.92 Å². The minimum atomic E-state index is -2.65. The topological polar surface area (TPSA) is 18.8 Å². The number of piperidine rings is 1. The molecule has 0 unspecified atom stereocenters. The summed E-state index contributed by atoms with van der Waals surface area (Å²) in [5.41, 5.74) is 4.17. The number of halogens is 6. The number of aliphatic imine (C=N–C) groups is 1. The molecule has 3 aliphatic rings. The average Bonchev–Trinajstić information content (AvgIpc) is 2.86. The Hall–Kier alpha value is -2.09. The van der Waals surface area contributed by atoms with Gasteiger partial charge in [0.05, 0.1) is 23.7 Å². The third-order valence-electron chi connectivity index (χ3n) is 7.49. The molecule has 9 heteroatoms. The molecule has 2 fully saturated rings. The van der Waals surface area contributed by atoms with Crippen LogP contribution in [0, 0.1) is 0 Å². The molecular weight excluding hydrogens is 525 g/mol. The summed E-state index contributed by atoms with van der Waals surface area (Å²) in [6.07, 6.45) is 0.0652. The van der Waals surface area contributed by atoms with E-state index in [-0.39, 0.29) is 31.7 Å². The van der Waals surface area contributed by atoms with Crippen LogP contribution in [0.5, 0.6) is 0 Å². The first-order valence-electron chi connectivity index (χ1n) is 12.7. The number of alkyl halides is 4. The quantitative estimate of drug-likeness (QED) is 0.350. The van der Waals surface area contributed by atoms with Gasteiger partial charge in [-0.3, -0.25) is 9.89 Å². The van der Waals surface area contributed by atoms with Gasteiger partial charge in [-0.05, 0) is 37.1 Å². The van der Waals surface area contributed by atoms with Gasteiger partial charge in [0.15, 0.2) is 0 Å². The Morgan fingerprint density at radius 1 is 0.757 bits per heavy atom. The maximum atomic E-state index is 14.1. The maximum absolute atomic E-state index is 14.1. The minimum Gasteiger partial charge on any atom is -0.361 e. The van der Waals surface area contributed by atoms with Crippen LogP contribution < -0.4 is 0 Å². The van der Waals surface area contributed by atoms with E-state index >= 15 is 0 Å². The fraction of sp³-hybridized carbons (Fsp3) is 0.464. The Morgan fingerprint density at radius 3 is 1.84 bits per heavy atom. The van der Waals surface area contributed by atoms with E-state index in [2.05, 4.69) is 4.90 Å².